The third-order valence-corrected chi connectivity index (χ3v) is 3.28. The Hall–Kier alpha value is -1.50. The minimum atomic E-state index is -4.42. The van der Waals surface area contributed by atoms with Crippen LogP contribution in [0.15, 0.2) is 27.1 Å². The van der Waals surface area contributed by atoms with Crippen molar-refractivity contribution in [1.29, 1.82) is 0 Å². The van der Waals surface area contributed by atoms with Gasteiger partial charge in [0.15, 0.2) is 0 Å². The monoisotopic (exact) mass is 348 g/mol. The van der Waals surface area contributed by atoms with Crippen molar-refractivity contribution in [3.05, 3.63) is 45.6 Å². The molecule has 0 amide bonds. The predicted octanol–water partition coefficient (Wildman–Crippen LogP) is 4.68. The van der Waals surface area contributed by atoms with Crippen molar-refractivity contribution >= 4 is 21.6 Å². The Kier molecular flexibility index (Phi) is 4.08. The molecular weight excluding hydrogens is 337 g/mol. The van der Waals surface area contributed by atoms with Crippen molar-refractivity contribution in [1.82, 2.24) is 4.98 Å². The topological polar surface area (TPSA) is 38.1 Å². The number of hydrogen-bond donors (Lipinski definition) is 1. The maximum atomic E-state index is 12.9. The van der Waals surface area contributed by atoms with Gasteiger partial charge in [0.25, 0.3) is 0 Å². The molecule has 0 saturated heterocycles. The zero-order chi connectivity index (χ0) is 14.9. The number of alkyl halides is 3. The number of aromatic nitrogens is 1. The van der Waals surface area contributed by atoms with Crippen LogP contribution in [0.25, 0.3) is 0 Å². The Morgan fingerprint density at radius 1 is 1.30 bits per heavy atom. The van der Waals surface area contributed by atoms with E-state index in [9.17, 15) is 13.2 Å². The highest BCUT2D eigenvalue weighted by Gasteiger charge is 2.33. The molecule has 3 nitrogen and oxygen atoms in total. The summed E-state index contributed by atoms with van der Waals surface area (Å²) in [5.74, 6) is 1.02. The summed E-state index contributed by atoms with van der Waals surface area (Å²) < 4.78 is 44.5. The normalized spacial score (nSPS) is 11.7. The first-order valence-electron chi connectivity index (χ1n) is 5.81. The van der Waals surface area contributed by atoms with Crippen LogP contribution < -0.4 is 5.32 Å². The van der Waals surface area contributed by atoms with Crippen LogP contribution in [-0.2, 0) is 12.7 Å². The van der Waals surface area contributed by atoms with E-state index in [0.29, 0.717) is 16.1 Å². The lowest BCUT2D eigenvalue weighted by Gasteiger charge is -2.14. The molecule has 0 bridgehead atoms. The van der Waals surface area contributed by atoms with Gasteiger partial charge >= 0.3 is 6.18 Å². The number of aryl methyl sites for hydroxylation is 2. The van der Waals surface area contributed by atoms with E-state index in [1.165, 1.54) is 6.07 Å². The fraction of sp³-hybridized carbons (Fsp3) is 0.308. The molecule has 108 valence electrons. The maximum absolute atomic E-state index is 12.9. The second kappa shape index (κ2) is 5.47. The number of anilines is 1. The van der Waals surface area contributed by atoms with Gasteiger partial charge in [-0.25, -0.2) is 4.98 Å². The van der Waals surface area contributed by atoms with Crippen molar-refractivity contribution in [3.8, 4) is 0 Å². The molecule has 0 fully saturated rings. The molecule has 0 atom stereocenters. The van der Waals surface area contributed by atoms with Gasteiger partial charge in [0, 0.05) is 10.2 Å². The lowest BCUT2D eigenvalue weighted by Crippen LogP contribution is -2.11. The van der Waals surface area contributed by atoms with Gasteiger partial charge in [-0.15, -0.1) is 0 Å². The van der Waals surface area contributed by atoms with Crippen LogP contribution in [0.4, 0.5) is 18.9 Å². The highest BCUT2D eigenvalue weighted by Crippen LogP contribution is 2.36. The van der Waals surface area contributed by atoms with Crippen LogP contribution in [0, 0.1) is 13.8 Å². The summed E-state index contributed by atoms with van der Waals surface area (Å²) in [5, 5.41) is 2.71. The zero-order valence-electron chi connectivity index (χ0n) is 10.8. The molecule has 1 heterocycles. The zero-order valence-corrected chi connectivity index (χ0v) is 12.4. The third-order valence-electron chi connectivity index (χ3n) is 2.79. The minimum Gasteiger partial charge on any atom is -0.444 e. The quantitative estimate of drug-likeness (QED) is 0.874. The summed E-state index contributed by atoms with van der Waals surface area (Å²) in [7, 11) is 0. The maximum Gasteiger partial charge on any atom is 0.418 e. The Labute approximate surface area is 122 Å². The number of nitrogens with one attached hydrogen (secondary N) is 1. The first kappa shape index (κ1) is 14.9. The fourth-order valence-corrected chi connectivity index (χ4v) is 2.05. The molecule has 2 aromatic rings. The van der Waals surface area contributed by atoms with Crippen LogP contribution in [0.5, 0.6) is 0 Å². The van der Waals surface area contributed by atoms with Crippen molar-refractivity contribution in [2.24, 2.45) is 0 Å². The van der Waals surface area contributed by atoms with E-state index < -0.39 is 11.7 Å². The van der Waals surface area contributed by atoms with E-state index in [0.717, 1.165) is 11.8 Å². The Balaban J connectivity index is 2.21. The van der Waals surface area contributed by atoms with Crippen LogP contribution >= 0.6 is 15.9 Å². The summed E-state index contributed by atoms with van der Waals surface area (Å²) in [6.07, 6.45) is -4.42. The molecule has 0 aliphatic rings. The molecule has 0 spiro atoms. The molecule has 1 aromatic carbocycles. The molecule has 1 aromatic heterocycles. The average molecular weight is 349 g/mol. The van der Waals surface area contributed by atoms with Gasteiger partial charge in [-0.1, -0.05) is 15.9 Å². The number of benzene rings is 1. The first-order valence-corrected chi connectivity index (χ1v) is 6.60. The van der Waals surface area contributed by atoms with Crippen LogP contribution in [0.3, 0.4) is 0 Å². The fourth-order valence-electron chi connectivity index (χ4n) is 1.69. The van der Waals surface area contributed by atoms with E-state index in [-0.39, 0.29) is 12.2 Å². The van der Waals surface area contributed by atoms with E-state index in [2.05, 4.69) is 26.2 Å². The van der Waals surface area contributed by atoms with Gasteiger partial charge in [0.1, 0.15) is 5.76 Å². The lowest BCUT2D eigenvalue weighted by molar-refractivity contribution is -0.137. The number of oxazole rings is 1. The molecule has 1 N–H and O–H groups in total. The minimum absolute atomic E-state index is 0.00536. The molecule has 20 heavy (non-hydrogen) atoms. The molecule has 0 radical (unpaired) electrons. The average Bonchev–Trinajstić information content (AvgIpc) is 2.66. The summed E-state index contributed by atoms with van der Waals surface area (Å²) in [4.78, 5) is 4.12. The second-order valence-electron chi connectivity index (χ2n) is 4.29. The van der Waals surface area contributed by atoms with E-state index >= 15 is 0 Å². The predicted molar refractivity (Wildman–Crippen MR) is 72.4 cm³/mol. The highest BCUT2D eigenvalue weighted by molar-refractivity contribution is 9.10. The van der Waals surface area contributed by atoms with Crippen molar-refractivity contribution in [2.45, 2.75) is 26.6 Å². The van der Waals surface area contributed by atoms with Gasteiger partial charge in [-0.05, 0) is 32.0 Å². The van der Waals surface area contributed by atoms with E-state index in [4.69, 9.17) is 4.42 Å². The smallest absolute Gasteiger partial charge is 0.418 e. The summed E-state index contributed by atoms with van der Waals surface area (Å²) >= 11 is 3.04. The van der Waals surface area contributed by atoms with E-state index in [1.807, 2.05) is 0 Å². The van der Waals surface area contributed by atoms with Gasteiger partial charge in [-0.2, -0.15) is 13.2 Å². The van der Waals surface area contributed by atoms with Crippen LogP contribution in [-0.4, -0.2) is 4.98 Å². The summed E-state index contributed by atoms with van der Waals surface area (Å²) in [6, 6.07) is 3.95. The summed E-state index contributed by atoms with van der Waals surface area (Å²) in [6.45, 7) is 3.63. The van der Waals surface area contributed by atoms with Crippen molar-refractivity contribution in [3.63, 3.8) is 0 Å². The SMILES string of the molecule is Cc1nc(CNc2ccc(Br)cc2C(F)(F)F)oc1C. The van der Waals surface area contributed by atoms with Crippen LogP contribution in [0.2, 0.25) is 0 Å². The van der Waals surface area contributed by atoms with E-state index in [1.54, 1.807) is 19.9 Å². The lowest BCUT2D eigenvalue weighted by atomic mass is 10.1. The van der Waals surface area contributed by atoms with Gasteiger partial charge < -0.3 is 9.73 Å². The number of nitrogens with zero attached hydrogens (tertiary/aromatic N) is 1. The molecule has 0 aliphatic heterocycles. The highest BCUT2D eigenvalue weighted by atomic mass is 79.9. The summed E-state index contributed by atoms with van der Waals surface area (Å²) in [5.41, 5.74) is -0.00488. The molecule has 0 saturated carbocycles. The Morgan fingerprint density at radius 3 is 2.55 bits per heavy atom. The Morgan fingerprint density at radius 2 is 2.00 bits per heavy atom. The molecule has 0 aliphatic carbocycles. The van der Waals surface area contributed by atoms with Gasteiger partial charge in [-0.3, -0.25) is 0 Å². The number of halogens is 4. The standard InChI is InChI=1S/C13H12BrF3N2O/c1-7-8(2)20-12(19-7)6-18-11-4-3-9(14)5-10(11)13(15,16)17/h3-5,18H,6H2,1-2H3. The largest absolute Gasteiger partial charge is 0.444 e. The number of hydrogen-bond acceptors (Lipinski definition) is 3. The van der Waals surface area contributed by atoms with Crippen molar-refractivity contribution in [2.75, 3.05) is 5.32 Å². The molecular formula is C13H12BrF3N2O. The molecule has 7 heteroatoms. The Bertz CT molecular complexity index is 603. The first-order chi connectivity index (χ1) is 9.27. The third kappa shape index (κ3) is 3.33. The second-order valence-corrected chi connectivity index (χ2v) is 5.21. The number of rotatable bonds is 3. The van der Waals surface area contributed by atoms with Gasteiger partial charge in [0.2, 0.25) is 5.89 Å². The van der Waals surface area contributed by atoms with Crippen molar-refractivity contribution < 1.29 is 17.6 Å². The van der Waals surface area contributed by atoms with Crippen LogP contribution in [0.1, 0.15) is 22.9 Å². The van der Waals surface area contributed by atoms with Gasteiger partial charge in [0.05, 0.1) is 17.8 Å². The molecule has 2 rings (SSSR count). The molecule has 0 unspecified atom stereocenters.